The maximum absolute atomic E-state index is 13.2. The maximum atomic E-state index is 13.2. The molecule has 0 saturated carbocycles. The topological polar surface area (TPSA) is 70.1 Å². The molecule has 0 saturated heterocycles. The van der Waals surface area contributed by atoms with Gasteiger partial charge in [0.25, 0.3) is 0 Å². The Kier molecular flexibility index (Phi) is 5.49. The SMILES string of the molecule is Cc1c(Cl)cccc1N1C(N)=C(C#N)[C@H](c2ccc(C(C)(C)C)s2)C2=C1CCCC2=O. The second-order valence-electron chi connectivity index (χ2n) is 9.15. The van der Waals surface area contributed by atoms with Gasteiger partial charge in [0.05, 0.1) is 23.2 Å². The van der Waals surface area contributed by atoms with Gasteiger partial charge >= 0.3 is 0 Å². The van der Waals surface area contributed by atoms with E-state index in [4.69, 9.17) is 17.3 Å². The zero-order chi connectivity index (χ0) is 22.5. The molecule has 1 aliphatic carbocycles. The first kappa shape index (κ1) is 21.7. The normalized spacial score (nSPS) is 19.5. The van der Waals surface area contributed by atoms with E-state index in [1.165, 1.54) is 4.88 Å². The van der Waals surface area contributed by atoms with Crippen molar-refractivity contribution in [2.24, 2.45) is 5.73 Å². The van der Waals surface area contributed by atoms with E-state index in [1.54, 1.807) is 11.3 Å². The van der Waals surface area contributed by atoms with Gasteiger partial charge in [-0.05, 0) is 55.0 Å². The summed E-state index contributed by atoms with van der Waals surface area (Å²) in [5, 5.41) is 10.8. The number of nitriles is 1. The monoisotopic (exact) mass is 451 g/mol. The van der Waals surface area contributed by atoms with Crippen LogP contribution in [0.5, 0.6) is 0 Å². The number of allylic oxidation sites excluding steroid dienone is 3. The molecule has 2 aliphatic rings. The number of thiophene rings is 1. The number of nitrogens with two attached hydrogens (primary N) is 1. The summed E-state index contributed by atoms with van der Waals surface area (Å²) in [6.07, 6.45) is 2.00. The molecule has 0 amide bonds. The molecular formula is C25H26ClN3OS. The molecule has 1 atom stereocenters. The fourth-order valence-corrected chi connectivity index (χ4v) is 5.75. The number of anilines is 1. The molecule has 4 rings (SSSR count). The molecular weight excluding hydrogens is 426 g/mol. The van der Waals surface area contributed by atoms with Crippen molar-refractivity contribution in [3.8, 4) is 6.07 Å². The Morgan fingerprint density at radius 3 is 2.61 bits per heavy atom. The lowest BCUT2D eigenvalue weighted by atomic mass is 9.78. The highest BCUT2D eigenvalue weighted by atomic mass is 35.5. The highest BCUT2D eigenvalue weighted by Crippen LogP contribution is 2.49. The van der Waals surface area contributed by atoms with Crippen molar-refractivity contribution in [3.05, 3.63) is 73.3 Å². The number of hydrogen-bond acceptors (Lipinski definition) is 5. The summed E-state index contributed by atoms with van der Waals surface area (Å²) >= 11 is 8.06. The zero-order valence-electron chi connectivity index (χ0n) is 18.3. The van der Waals surface area contributed by atoms with Gasteiger partial charge in [-0.25, -0.2) is 0 Å². The number of Topliss-reactive ketones (excluding diaryl/α,β-unsaturated/α-hetero) is 1. The third-order valence-electron chi connectivity index (χ3n) is 6.04. The third-order valence-corrected chi connectivity index (χ3v) is 8.03. The van der Waals surface area contributed by atoms with Gasteiger partial charge in [-0.1, -0.05) is 38.4 Å². The second kappa shape index (κ2) is 7.85. The summed E-state index contributed by atoms with van der Waals surface area (Å²) in [6, 6.07) is 12.1. The third kappa shape index (κ3) is 3.58. The van der Waals surface area contributed by atoms with Crippen LogP contribution in [0.25, 0.3) is 0 Å². The van der Waals surface area contributed by atoms with Crippen LogP contribution >= 0.6 is 22.9 Å². The fourth-order valence-electron chi connectivity index (χ4n) is 4.40. The summed E-state index contributed by atoms with van der Waals surface area (Å²) < 4.78 is 0. The van der Waals surface area contributed by atoms with Gasteiger partial charge in [0.2, 0.25) is 0 Å². The molecule has 0 spiro atoms. The number of carbonyl (C=O) groups is 1. The Labute approximate surface area is 192 Å². The Balaban J connectivity index is 1.96. The van der Waals surface area contributed by atoms with Crippen molar-refractivity contribution < 1.29 is 4.79 Å². The van der Waals surface area contributed by atoms with Crippen LogP contribution in [0, 0.1) is 18.3 Å². The molecule has 1 aromatic carbocycles. The van der Waals surface area contributed by atoms with Crippen LogP contribution < -0.4 is 10.6 Å². The fraction of sp³-hybridized carbons (Fsp3) is 0.360. The average Bonchev–Trinajstić information content (AvgIpc) is 3.20. The number of ketones is 1. The number of carbonyl (C=O) groups excluding carboxylic acids is 1. The van der Waals surface area contributed by atoms with Crippen LogP contribution in [-0.4, -0.2) is 5.78 Å². The van der Waals surface area contributed by atoms with Crippen molar-refractivity contribution in [1.82, 2.24) is 0 Å². The van der Waals surface area contributed by atoms with E-state index < -0.39 is 5.92 Å². The Bertz CT molecular complexity index is 1180. The Morgan fingerprint density at radius 1 is 1.23 bits per heavy atom. The molecule has 0 unspecified atom stereocenters. The van der Waals surface area contributed by atoms with Gasteiger partial charge < -0.3 is 5.73 Å². The van der Waals surface area contributed by atoms with E-state index in [9.17, 15) is 10.1 Å². The molecule has 6 heteroatoms. The number of rotatable bonds is 2. The molecule has 31 heavy (non-hydrogen) atoms. The minimum absolute atomic E-state index is 0.00261. The summed E-state index contributed by atoms with van der Waals surface area (Å²) in [7, 11) is 0. The van der Waals surface area contributed by atoms with E-state index >= 15 is 0 Å². The van der Waals surface area contributed by atoms with Gasteiger partial charge in [0.1, 0.15) is 5.82 Å². The van der Waals surface area contributed by atoms with Gasteiger partial charge in [-0.2, -0.15) is 5.26 Å². The molecule has 0 bridgehead atoms. The minimum Gasteiger partial charge on any atom is -0.384 e. The minimum atomic E-state index is -0.412. The Hall–Kier alpha value is -2.55. The molecule has 2 aromatic rings. The van der Waals surface area contributed by atoms with Gasteiger partial charge in [-0.15, -0.1) is 11.3 Å². The molecule has 4 nitrogen and oxygen atoms in total. The lowest BCUT2D eigenvalue weighted by molar-refractivity contribution is -0.116. The smallest absolute Gasteiger partial charge is 0.161 e. The number of hydrogen-bond donors (Lipinski definition) is 1. The Morgan fingerprint density at radius 2 is 1.97 bits per heavy atom. The summed E-state index contributed by atoms with van der Waals surface area (Å²) in [6.45, 7) is 8.43. The molecule has 160 valence electrons. The molecule has 2 N–H and O–H groups in total. The number of benzene rings is 1. The number of halogens is 1. The average molecular weight is 452 g/mol. The highest BCUT2D eigenvalue weighted by molar-refractivity contribution is 7.12. The van der Waals surface area contributed by atoms with Crippen molar-refractivity contribution in [3.63, 3.8) is 0 Å². The lowest BCUT2D eigenvalue weighted by Gasteiger charge is -2.40. The van der Waals surface area contributed by atoms with Crippen molar-refractivity contribution >= 4 is 34.4 Å². The highest BCUT2D eigenvalue weighted by Gasteiger charge is 2.41. The lowest BCUT2D eigenvalue weighted by Crippen LogP contribution is -2.38. The first-order valence-electron chi connectivity index (χ1n) is 10.5. The number of nitrogens with zero attached hydrogens (tertiary/aromatic N) is 2. The molecule has 1 aliphatic heterocycles. The van der Waals surface area contributed by atoms with E-state index in [-0.39, 0.29) is 11.2 Å². The van der Waals surface area contributed by atoms with Crippen LogP contribution in [-0.2, 0) is 10.2 Å². The molecule has 1 aromatic heterocycles. The van der Waals surface area contributed by atoms with Crippen molar-refractivity contribution in [2.45, 2.75) is 58.3 Å². The standard InChI is InChI=1S/C25H26ClN3OS/c1-14-16(26)7-5-8-17(14)29-18-9-6-10-19(30)23(18)22(15(13-27)24(29)28)20-11-12-21(31-20)25(2,3)4/h5,7-8,11-12,22H,6,9-10,28H2,1-4H3/t22-/m1/s1. The maximum Gasteiger partial charge on any atom is 0.161 e. The van der Waals surface area contributed by atoms with Crippen LogP contribution in [0.3, 0.4) is 0 Å². The van der Waals surface area contributed by atoms with Crippen LogP contribution in [0.1, 0.15) is 61.3 Å². The van der Waals surface area contributed by atoms with Crippen molar-refractivity contribution in [1.29, 1.82) is 5.26 Å². The quantitative estimate of drug-likeness (QED) is 0.580. The summed E-state index contributed by atoms with van der Waals surface area (Å²) in [4.78, 5) is 17.3. The summed E-state index contributed by atoms with van der Waals surface area (Å²) in [5.41, 5.74) is 10.4. The van der Waals surface area contributed by atoms with E-state index in [2.05, 4.69) is 32.9 Å². The molecule has 0 radical (unpaired) electrons. The second-order valence-corrected chi connectivity index (χ2v) is 10.7. The van der Waals surface area contributed by atoms with Gasteiger partial charge in [-0.3, -0.25) is 9.69 Å². The van der Waals surface area contributed by atoms with E-state index in [1.807, 2.05) is 36.1 Å². The van der Waals surface area contributed by atoms with Crippen LogP contribution in [0.2, 0.25) is 5.02 Å². The van der Waals surface area contributed by atoms with Gasteiger partial charge in [0, 0.05) is 32.5 Å². The predicted octanol–water partition coefficient (Wildman–Crippen LogP) is 6.31. The molecule has 0 fully saturated rings. The van der Waals surface area contributed by atoms with E-state index in [0.717, 1.165) is 34.7 Å². The van der Waals surface area contributed by atoms with Gasteiger partial charge in [0.15, 0.2) is 5.78 Å². The largest absolute Gasteiger partial charge is 0.384 e. The first-order chi connectivity index (χ1) is 14.6. The molecule has 2 heterocycles. The van der Waals surface area contributed by atoms with E-state index in [0.29, 0.717) is 28.4 Å². The zero-order valence-corrected chi connectivity index (χ0v) is 19.8. The van der Waals surface area contributed by atoms with Crippen molar-refractivity contribution in [2.75, 3.05) is 4.90 Å². The first-order valence-corrected chi connectivity index (χ1v) is 11.7. The summed E-state index contributed by atoms with van der Waals surface area (Å²) in [5.74, 6) is 0.0727. The van der Waals surface area contributed by atoms with Crippen LogP contribution in [0.4, 0.5) is 5.69 Å². The van der Waals surface area contributed by atoms with Crippen LogP contribution in [0.15, 0.2) is 53.0 Å². The predicted molar refractivity (Wildman–Crippen MR) is 127 cm³/mol.